The summed E-state index contributed by atoms with van der Waals surface area (Å²) in [5, 5.41) is 8.95. The van der Waals surface area contributed by atoms with Gasteiger partial charge in [-0.2, -0.15) is 0 Å². The molecule has 0 aliphatic rings. The molecule has 0 fully saturated rings. The van der Waals surface area contributed by atoms with E-state index in [1.54, 1.807) is 20.1 Å². The molecule has 0 atom stereocenters. The highest BCUT2D eigenvalue weighted by molar-refractivity contribution is 5.91. The zero-order valence-electron chi connectivity index (χ0n) is 8.69. The number of rotatable bonds is 5. The Labute approximate surface area is 87.7 Å². The van der Waals surface area contributed by atoms with Crippen LogP contribution in [0.25, 0.3) is 0 Å². The molecule has 0 amide bonds. The van der Waals surface area contributed by atoms with E-state index in [1.165, 1.54) is 6.20 Å². The number of carboxylic acids is 1. The van der Waals surface area contributed by atoms with Gasteiger partial charge in [0.05, 0.1) is 6.61 Å². The van der Waals surface area contributed by atoms with Gasteiger partial charge in [0.2, 0.25) is 5.88 Å². The fourth-order valence-electron chi connectivity index (χ4n) is 1.12. The first-order valence-corrected chi connectivity index (χ1v) is 4.47. The summed E-state index contributed by atoms with van der Waals surface area (Å²) in [6, 6.07) is 1.63. The van der Waals surface area contributed by atoms with E-state index >= 15 is 0 Å². The Hall–Kier alpha value is -1.62. The highest BCUT2D eigenvalue weighted by Gasteiger charge is 2.15. The van der Waals surface area contributed by atoms with Crippen molar-refractivity contribution in [3.8, 4) is 5.88 Å². The van der Waals surface area contributed by atoms with Crippen LogP contribution in [0.2, 0.25) is 0 Å². The average molecular weight is 211 g/mol. The molecule has 0 saturated heterocycles. The van der Waals surface area contributed by atoms with Gasteiger partial charge in [-0.25, -0.2) is 9.78 Å². The number of nitrogens with zero attached hydrogens (tertiary/aromatic N) is 1. The molecule has 1 heterocycles. The Morgan fingerprint density at radius 3 is 2.87 bits per heavy atom. The second kappa shape index (κ2) is 5.31. The van der Waals surface area contributed by atoms with Crippen LogP contribution in [0.4, 0.5) is 0 Å². The van der Waals surface area contributed by atoms with Crippen molar-refractivity contribution in [2.75, 3.05) is 20.3 Å². The van der Waals surface area contributed by atoms with E-state index in [-0.39, 0.29) is 18.1 Å². The number of aromatic nitrogens is 1. The number of hydrogen-bond acceptors (Lipinski definition) is 4. The zero-order chi connectivity index (χ0) is 11.3. The summed E-state index contributed by atoms with van der Waals surface area (Å²) >= 11 is 0. The van der Waals surface area contributed by atoms with E-state index in [9.17, 15) is 4.79 Å². The van der Waals surface area contributed by atoms with Gasteiger partial charge in [0.1, 0.15) is 12.2 Å². The van der Waals surface area contributed by atoms with E-state index in [0.717, 1.165) is 0 Å². The number of aryl methyl sites for hydroxylation is 1. The molecule has 1 N–H and O–H groups in total. The molecular formula is C10H13NO4. The summed E-state index contributed by atoms with van der Waals surface area (Å²) in [6.07, 6.45) is 1.52. The largest absolute Gasteiger partial charge is 0.477 e. The second-order valence-electron chi connectivity index (χ2n) is 2.95. The number of pyridine rings is 1. The molecule has 1 aromatic rings. The van der Waals surface area contributed by atoms with Gasteiger partial charge in [-0.3, -0.25) is 0 Å². The zero-order valence-corrected chi connectivity index (χ0v) is 8.69. The van der Waals surface area contributed by atoms with Crippen LogP contribution in [-0.4, -0.2) is 36.4 Å². The molecular weight excluding hydrogens is 198 g/mol. The fourth-order valence-corrected chi connectivity index (χ4v) is 1.12. The molecule has 82 valence electrons. The van der Waals surface area contributed by atoms with Crippen LogP contribution in [0, 0.1) is 6.92 Å². The summed E-state index contributed by atoms with van der Waals surface area (Å²) in [5.41, 5.74) is 0.735. The highest BCUT2D eigenvalue weighted by atomic mass is 16.5. The number of hydrogen-bond donors (Lipinski definition) is 1. The van der Waals surface area contributed by atoms with E-state index in [1.807, 2.05) is 0 Å². The maximum Gasteiger partial charge on any atom is 0.341 e. The number of ether oxygens (including phenoxy) is 2. The third-order valence-electron chi connectivity index (χ3n) is 1.86. The SMILES string of the molecule is COCCOc1nccc(C)c1C(=O)O. The van der Waals surface area contributed by atoms with E-state index < -0.39 is 5.97 Å². The smallest absolute Gasteiger partial charge is 0.341 e. The van der Waals surface area contributed by atoms with Crippen molar-refractivity contribution in [1.82, 2.24) is 4.98 Å². The topological polar surface area (TPSA) is 68.7 Å². The average Bonchev–Trinajstić information content (AvgIpc) is 2.17. The second-order valence-corrected chi connectivity index (χ2v) is 2.95. The Morgan fingerprint density at radius 2 is 2.27 bits per heavy atom. The third kappa shape index (κ3) is 2.92. The lowest BCUT2D eigenvalue weighted by Crippen LogP contribution is -2.10. The third-order valence-corrected chi connectivity index (χ3v) is 1.86. The first-order valence-electron chi connectivity index (χ1n) is 4.47. The van der Waals surface area contributed by atoms with Crippen molar-refractivity contribution in [2.24, 2.45) is 0 Å². The lowest BCUT2D eigenvalue weighted by molar-refractivity contribution is 0.0687. The Morgan fingerprint density at radius 1 is 1.53 bits per heavy atom. The maximum absolute atomic E-state index is 10.9. The van der Waals surface area contributed by atoms with Crippen LogP contribution < -0.4 is 4.74 Å². The molecule has 1 rings (SSSR count). The molecule has 0 bridgehead atoms. The van der Waals surface area contributed by atoms with E-state index in [4.69, 9.17) is 14.6 Å². The van der Waals surface area contributed by atoms with Crippen LogP contribution in [0.1, 0.15) is 15.9 Å². The van der Waals surface area contributed by atoms with E-state index in [0.29, 0.717) is 12.2 Å². The van der Waals surface area contributed by atoms with Gasteiger partial charge in [0, 0.05) is 13.3 Å². The lowest BCUT2D eigenvalue weighted by Gasteiger charge is -2.08. The number of methoxy groups -OCH3 is 1. The molecule has 15 heavy (non-hydrogen) atoms. The molecule has 0 aliphatic heterocycles. The lowest BCUT2D eigenvalue weighted by atomic mass is 10.1. The Bertz CT molecular complexity index is 351. The number of carbonyl (C=O) groups is 1. The Kier molecular flexibility index (Phi) is 4.05. The van der Waals surface area contributed by atoms with Crippen molar-refractivity contribution in [1.29, 1.82) is 0 Å². The van der Waals surface area contributed by atoms with Gasteiger partial charge in [-0.15, -0.1) is 0 Å². The molecule has 0 unspecified atom stereocenters. The summed E-state index contributed by atoms with van der Waals surface area (Å²) in [6.45, 7) is 2.39. The summed E-state index contributed by atoms with van der Waals surface area (Å²) in [7, 11) is 1.55. The molecule has 5 heteroatoms. The van der Waals surface area contributed by atoms with Crippen LogP contribution in [0.3, 0.4) is 0 Å². The van der Waals surface area contributed by atoms with Crippen LogP contribution in [0.5, 0.6) is 5.88 Å². The first-order chi connectivity index (χ1) is 7.16. The minimum atomic E-state index is -1.03. The maximum atomic E-state index is 10.9. The molecule has 0 aliphatic carbocycles. The minimum Gasteiger partial charge on any atom is -0.477 e. The van der Waals surface area contributed by atoms with Gasteiger partial charge in [-0.05, 0) is 18.6 Å². The van der Waals surface area contributed by atoms with Gasteiger partial charge in [-0.1, -0.05) is 0 Å². The summed E-state index contributed by atoms with van der Waals surface area (Å²) < 4.78 is 10.00. The van der Waals surface area contributed by atoms with Crippen molar-refractivity contribution in [3.05, 3.63) is 23.4 Å². The van der Waals surface area contributed by atoms with Crippen molar-refractivity contribution >= 4 is 5.97 Å². The van der Waals surface area contributed by atoms with E-state index in [2.05, 4.69) is 4.98 Å². The van der Waals surface area contributed by atoms with Gasteiger partial charge in [0.15, 0.2) is 0 Å². The van der Waals surface area contributed by atoms with Gasteiger partial charge >= 0.3 is 5.97 Å². The number of carboxylic acid groups (broad SMARTS) is 1. The summed E-state index contributed by atoms with van der Waals surface area (Å²) in [4.78, 5) is 14.8. The first kappa shape index (κ1) is 11.5. The normalized spacial score (nSPS) is 10.0. The van der Waals surface area contributed by atoms with Crippen molar-refractivity contribution < 1.29 is 19.4 Å². The molecule has 0 aromatic carbocycles. The van der Waals surface area contributed by atoms with Gasteiger partial charge in [0.25, 0.3) is 0 Å². The van der Waals surface area contributed by atoms with Crippen molar-refractivity contribution in [2.45, 2.75) is 6.92 Å². The molecule has 0 radical (unpaired) electrons. The molecule has 5 nitrogen and oxygen atoms in total. The fraction of sp³-hybridized carbons (Fsp3) is 0.400. The molecule has 1 aromatic heterocycles. The van der Waals surface area contributed by atoms with Crippen molar-refractivity contribution in [3.63, 3.8) is 0 Å². The van der Waals surface area contributed by atoms with Crippen LogP contribution in [-0.2, 0) is 4.74 Å². The number of aromatic carboxylic acids is 1. The predicted octanol–water partition coefficient (Wildman–Crippen LogP) is 1.11. The Balaban J connectivity index is 2.86. The standard InChI is InChI=1S/C10H13NO4/c1-7-3-4-11-9(8(7)10(12)13)15-6-5-14-2/h3-4H,5-6H2,1-2H3,(H,12,13). The monoisotopic (exact) mass is 211 g/mol. The van der Waals surface area contributed by atoms with Crippen LogP contribution >= 0.6 is 0 Å². The molecule has 0 spiro atoms. The summed E-state index contributed by atoms with van der Waals surface area (Å²) in [5.74, 6) is -0.896. The predicted molar refractivity (Wildman–Crippen MR) is 53.3 cm³/mol. The van der Waals surface area contributed by atoms with Crippen LogP contribution in [0.15, 0.2) is 12.3 Å². The minimum absolute atomic E-state index is 0.105. The molecule has 0 saturated carbocycles. The quantitative estimate of drug-likeness (QED) is 0.739. The highest BCUT2D eigenvalue weighted by Crippen LogP contribution is 2.18. The van der Waals surface area contributed by atoms with Gasteiger partial charge < -0.3 is 14.6 Å².